The lowest BCUT2D eigenvalue weighted by molar-refractivity contribution is -0.358. The SMILES string of the molecule is COC1C(C)OC(OC2C(OC(C)=O)COC(OC3CC4CC(=O)C5(O)OC(CC5C)C(C)(C)C(C=CC=CC=CC(C)C)OC(=O)CC(O4)C3C)C2OC)C(OC)C1OC. The first-order valence-electron chi connectivity index (χ1n) is 21.5. The van der Waals surface area contributed by atoms with Gasteiger partial charge in [-0.2, -0.15) is 0 Å². The van der Waals surface area contributed by atoms with E-state index in [0.29, 0.717) is 12.3 Å². The standard InChI is InChI=1S/C45H70O16/c1-24(2)17-15-13-14-16-18-34-44(7,8)35-19-25(3)45(49,61-35)33(47)21-29-20-30(26(4)31(57-29)22-36(48)59-34)58-42-40(52-11)38(32(23-54-42)56-28(6)46)60-43-41(53-12)39(51-10)37(50-9)27(5)55-43/h13-18,24-27,29-32,34-35,37-43,49H,19-23H2,1-12H3. The molecule has 0 amide bonds. The van der Waals surface area contributed by atoms with Crippen LogP contribution in [0.4, 0.5) is 0 Å². The highest BCUT2D eigenvalue weighted by atomic mass is 16.8. The van der Waals surface area contributed by atoms with E-state index in [2.05, 4.69) is 19.9 Å². The molecule has 0 aromatic carbocycles. The molecule has 61 heavy (non-hydrogen) atoms. The third-order valence-electron chi connectivity index (χ3n) is 12.8. The van der Waals surface area contributed by atoms with Crippen molar-refractivity contribution in [2.24, 2.45) is 23.2 Å². The Labute approximate surface area is 360 Å². The van der Waals surface area contributed by atoms with Crippen molar-refractivity contribution in [3.05, 3.63) is 36.5 Å². The molecule has 5 saturated heterocycles. The van der Waals surface area contributed by atoms with Crippen LogP contribution in [0.2, 0.25) is 0 Å². The van der Waals surface area contributed by atoms with Crippen molar-refractivity contribution < 1.29 is 76.3 Å². The van der Waals surface area contributed by atoms with Gasteiger partial charge in [0, 0.05) is 65.5 Å². The van der Waals surface area contributed by atoms with Crippen LogP contribution in [0.15, 0.2) is 36.5 Å². The first-order valence-corrected chi connectivity index (χ1v) is 21.5. The molecule has 17 atom stereocenters. The fraction of sp³-hybridized carbons (Fsp3) is 0.800. The fourth-order valence-corrected chi connectivity index (χ4v) is 9.09. The third kappa shape index (κ3) is 11.4. The molecule has 0 saturated carbocycles. The minimum absolute atomic E-state index is 0.115. The van der Waals surface area contributed by atoms with Crippen LogP contribution in [-0.2, 0) is 71.2 Å². The normalized spacial score (nSPS) is 42.4. The molecule has 1 N–H and O–H groups in total. The van der Waals surface area contributed by atoms with E-state index < -0.39 is 127 Å². The van der Waals surface area contributed by atoms with Gasteiger partial charge < -0.3 is 61.9 Å². The summed E-state index contributed by atoms with van der Waals surface area (Å²) < 4.78 is 73.8. The van der Waals surface area contributed by atoms with Crippen LogP contribution in [0.25, 0.3) is 0 Å². The van der Waals surface area contributed by atoms with E-state index in [4.69, 9.17) is 56.8 Å². The second-order valence-electron chi connectivity index (χ2n) is 17.9. The van der Waals surface area contributed by atoms with E-state index in [0.717, 1.165) is 0 Å². The Bertz CT molecular complexity index is 1560. The van der Waals surface area contributed by atoms with Crippen molar-refractivity contribution in [2.45, 2.75) is 173 Å². The van der Waals surface area contributed by atoms with Crippen molar-refractivity contribution in [1.82, 2.24) is 0 Å². The first-order chi connectivity index (χ1) is 28.9. The van der Waals surface area contributed by atoms with Crippen molar-refractivity contribution >= 4 is 17.7 Å². The number of hydrogen-bond acceptors (Lipinski definition) is 16. The zero-order chi connectivity index (χ0) is 44.8. The summed E-state index contributed by atoms with van der Waals surface area (Å²) in [5, 5.41) is 11.9. The lowest BCUT2D eigenvalue weighted by atomic mass is 9.77. The molecule has 0 spiro atoms. The number of allylic oxidation sites excluding steroid dienone is 5. The van der Waals surface area contributed by atoms with Crippen LogP contribution in [0.1, 0.15) is 81.1 Å². The van der Waals surface area contributed by atoms with Gasteiger partial charge in [0.05, 0.1) is 43.5 Å². The Morgan fingerprint density at radius 2 is 1.46 bits per heavy atom. The highest BCUT2D eigenvalue weighted by molar-refractivity contribution is 5.86. The first kappa shape index (κ1) is 49.4. The van der Waals surface area contributed by atoms with E-state index in [1.54, 1.807) is 27.2 Å². The van der Waals surface area contributed by atoms with Gasteiger partial charge in [0.25, 0.3) is 0 Å². The van der Waals surface area contributed by atoms with E-state index in [1.165, 1.54) is 21.1 Å². The molecular formula is C45H70O16. The smallest absolute Gasteiger partial charge is 0.309 e. The largest absolute Gasteiger partial charge is 0.457 e. The van der Waals surface area contributed by atoms with Crippen LogP contribution in [0.5, 0.6) is 0 Å². The molecule has 4 bridgehead atoms. The second kappa shape index (κ2) is 21.4. The lowest BCUT2D eigenvalue weighted by Crippen LogP contribution is -2.64. The molecule has 16 heteroatoms. The van der Waals surface area contributed by atoms with Crippen LogP contribution in [0, 0.1) is 23.2 Å². The van der Waals surface area contributed by atoms with Crippen molar-refractivity contribution in [3.63, 3.8) is 0 Å². The summed E-state index contributed by atoms with van der Waals surface area (Å²) in [6.45, 7) is 14.7. The average Bonchev–Trinajstić information content (AvgIpc) is 3.52. The van der Waals surface area contributed by atoms with E-state index in [-0.39, 0.29) is 25.9 Å². The molecule has 346 valence electrons. The summed E-state index contributed by atoms with van der Waals surface area (Å²) in [6.07, 6.45) is 0.932. The molecule has 16 nitrogen and oxygen atoms in total. The summed E-state index contributed by atoms with van der Waals surface area (Å²) in [4.78, 5) is 40.4. The number of hydrogen-bond donors (Lipinski definition) is 1. The molecule has 0 aromatic rings. The number of esters is 2. The molecule has 5 aliphatic rings. The number of ketones is 1. The molecular weight excluding hydrogens is 796 g/mol. The number of fused-ring (bicyclic) bond motifs is 4. The Balaban J connectivity index is 1.42. The maximum absolute atomic E-state index is 14.1. The molecule has 17 unspecified atom stereocenters. The number of ether oxygens (including phenoxy) is 12. The van der Waals surface area contributed by atoms with Crippen LogP contribution < -0.4 is 0 Å². The average molecular weight is 867 g/mol. The Morgan fingerprint density at radius 1 is 0.803 bits per heavy atom. The van der Waals surface area contributed by atoms with E-state index in [9.17, 15) is 19.5 Å². The maximum atomic E-state index is 14.1. The predicted octanol–water partition coefficient (Wildman–Crippen LogP) is 4.38. The highest BCUT2D eigenvalue weighted by Gasteiger charge is 2.58. The van der Waals surface area contributed by atoms with Gasteiger partial charge >= 0.3 is 11.9 Å². The fourth-order valence-electron chi connectivity index (χ4n) is 9.09. The second-order valence-corrected chi connectivity index (χ2v) is 17.9. The van der Waals surface area contributed by atoms with Crippen molar-refractivity contribution in [1.29, 1.82) is 0 Å². The van der Waals surface area contributed by atoms with Crippen LogP contribution >= 0.6 is 0 Å². The monoisotopic (exact) mass is 866 g/mol. The van der Waals surface area contributed by atoms with Gasteiger partial charge in [-0.1, -0.05) is 71.9 Å². The van der Waals surface area contributed by atoms with Crippen LogP contribution in [-0.4, -0.2) is 149 Å². The molecule has 0 aliphatic carbocycles. The van der Waals surface area contributed by atoms with Gasteiger partial charge in [0.15, 0.2) is 24.5 Å². The topological polar surface area (TPSA) is 182 Å². The van der Waals surface area contributed by atoms with Crippen molar-refractivity contribution in [2.75, 3.05) is 35.0 Å². The van der Waals surface area contributed by atoms with Gasteiger partial charge in [-0.05, 0) is 25.3 Å². The predicted molar refractivity (Wildman–Crippen MR) is 219 cm³/mol. The lowest BCUT2D eigenvalue weighted by Gasteiger charge is -2.48. The number of carbonyl (C=O) groups is 3. The Hall–Kier alpha value is -2.61. The van der Waals surface area contributed by atoms with Gasteiger partial charge in [-0.15, -0.1) is 0 Å². The summed E-state index contributed by atoms with van der Waals surface area (Å²) in [7, 11) is 6.08. The zero-order valence-electron chi connectivity index (χ0n) is 37.9. The quantitative estimate of drug-likeness (QED) is 0.203. The van der Waals surface area contributed by atoms with Gasteiger partial charge in [0.2, 0.25) is 5.79 Å². The number of carbonyl (C=O) groups excluding carboxylic acids is 3. The molecule has 5 rings (SSSR count). The number of Topliss-reactive ketones (excluding diaryl/α,β-unsaturated/α-hetero) is 1. The number of rotatable bonds is 13. The molecule has 5 fully saturated rings. The summed E-state index contributed by atoms with van der Waals surface area (Å²) in [5.74, 6) is -4.23. The van der Waals surface area contributed by atoms with Crippen LogP contribution in [0.3, 0.4) is 0 Å². The minimum Gasteiger partial charge on any atom is -0.457 e. The molecule has 5 heterocycles. The van der Waals surface area contributed by atoms with E-state index in [1.807, 2.05) is 52.0 Å². The maximum Gasteiger partial charge on any atom is 0.309 e. The van der Waals surface area contributed by atoms with Gasteiger partial charge in [-0.25, -0.2) is 0 Å². The Morgan fingerprint density at radius 3 is 2.10 bits per heavy atom. The zero-order valence-corrected chi connectivity index (χ0v) is 37.9. The molecule has 0 radical (unpaired) electrons. The van der Waals surface area contributed by atoms with Gasteiger partial charge in [-0.3, -0.25) is 14.4 Å². The number of aliphatic hydroxyl groups is 1. The number of methoxy groups -OCH3 is 4. The van der Waals surface area contributed by atoms with E-state index >= 15 is 0 Å². The highest BCUT2D eigenvalue weighted by Crippen LogP contribution is 2.46. The summed E-state index contributed by atoms with van der Waals surface area (Å²) in [6, 6.07) is 0. The van der Waals surface area contributed by atoms with Gasteiger partial charge in [0.1, 0.15) is 36.6 Å². The molecule has 5 aliphatic heterocycles. The van der Waals surface area contributed by atoms with Crippen molar-refractivity contribution in [3.8, 4) is 0 Å². The Kier molecular flexibility index (Phi) is 17.3. The summed E-state index contributed by atoms with van der Waals surface area (Å²) in [5.41, 5.74) is -0.829. The minimum atomic E-state index is -2.08. The third-order valence-corrected chi connectivity index (χ3v) is 12.8. The number of cyclic esters (lactones) is 1. The summed E-state index contributed by atoms with van der Waals surface area (Å²) >= 11 is 0. The molecule has 0 aromatic heterocycles.